The monoisotopic (exact) mass is 419 g/mol. The lowest BCUT2D eigenvalue weighted by Gasteiger charge is -2.16. The van der Waals surface area contributed by atoms with Crippen LogP contribution >= 0.6 is 0 Å². The van der Waals surface area contributed by atoms with Crippen LogP contribution in [0.4, 0.5) is 5.69 Å². The summed E-state index contributed by atoms with van der Waals surface area (Å²) in [5.41, 5.74) is 5.14. The van der Waals surface area contributed by atoms with Crippen LogP contribution in [-0.4, -0.2) is 23.5 Å². The minimum absolute atomic E-state index is 0.0273. The van der Waals surface area contributed by atoms with E-state index in [2.05, 4.69) is 10.6 Å². The topological polar surface area (TPSA) is 72.4 Å². The third-order valence-electron chi connectivity index (χ3n) is 5.35. The Hall–Kier alpha value is -3.54. The molecule has 1 unspecified atom stereocenters. The summed E-state index contributed by atoms with van der Waals surface area (Å²) in [6, 6.07) is 17.0. The number of benzene rings is 2. The van der Waals surface area contributed by atoms with Crippen LogP contribution in [0, 0.1) is 13.8 Å². The van der Waals surface area contributed by atoms with Crippen LogP contribution in [0.15, 0.2) is 54.6 Å². The molecule has 3 aromatic rings. The van der Waals surface area contributed by atoms with Gasteiger partial charge in [0.05, 0.1) is 18.7 Å². The zero-order valence-corrected chi connectivity index (χ0v) is 18.7. The second-order valence-electron chi connectivity index (χ2n) is 7.54. The summed E-state index contributed by atoms with van der Waals surface area (Å²) in [6.07, 6.45) is 0.433. The number of ether oxygens (including phenoxy) is 1. The summed E-state index contributed by atoms with van der Waals surface area (Å²) >= 11 is 0. The Morgan fingerprint density at radius 1 is 1.06 bits per heavy atom. The van der Waals surface area contributed by atoms with E-state index in [1.807, 2.05) is 86.9 Å². The van der Waals surface area contributed by atoms with Gasteiger partial charge in [-0.15, -0.1) is 0 Å². The lowest BCUT2D eigenvalue weighted by molar-refractivity contribution is -0.115. The normalized spacial score (nSPS) is 11.6. The molecule has 1 heterocycles. The highest BCUT2D eigenvalue weighted by Crippen LogP contribution is 2.24. The molecule has 1 atom stereocenters. The number of hydrogen-bond acceptors (Lipinski definition) is 3. The molecule has 0 spiro atoms. The first-order chi connectivity index (χ1) is 14.8. The van der Waals surface area contributed by atoms with E-state index in [4.69, 9.17) is 4.74 Å². The number of aryl methyl sites for hydroxylation is 1. The number of amides is 2. The van der Waals surface area contributed by atoms with Gasteiger partial charge in [0.1, 0.15) is 5.75 Å². The number of methoxy groups -OCH3 is 1. The molecule has 0 fully saturated rings. The van der Waals surface area contributed by atoms with Crippen LogP contribution in [0.25, 0.3) is 5.69 Å². The summed E-state index contributed by atoms with van der Waals surface area (Å²) in [7, 11) is 1.64. The van der Waals surface area contributed by atoms with Gasteiger partial charge in [-0.05, 0) is 56.7 Å². The molecule has 1 aromatic heterocycles. The highest BCUT2D eigenvalue weighted by atomic mass is 16.5. The highest BCUT2D eigenvalue weighted by Gasteiger charge is 2.19. The minimum Gasteiger partial charge on any atom is -0.497 e. The fourth-order valence-electron chi connectivity index (χ4n) is 3.60. The van der Waals surface area contributed by atoms with Crippen molar-refractivity contribution in [1.29, 1.82) is 0 Å². The van der Waals surface area contributed by atoms with E-state index in [1.165, 1.54) is 0 Å². The van der Waals surface area contributed by atoms with Gasteiger partial charge in [-0.1, -0.05) is 25.1 Å². The summed E-state index contributed by atoms with van der Waals surface area (Å²) in [5.74, 6) is 0.613. The van der Waals surface area contributed by atoms with Crippen molar-refractivity contribution < 1.29 is 14.3 Å². The first-order valence-electron chi connectivity index (χ1n) is 10.4. The van der Waals surface area contributed by atoms with Crippen molar-refractivity contribution in [3.8, 4) is 11.4 Å². The molecule has 0 saturated heterocycles. The summed E-state index contributed by atoms with van der Waals surface area (Å²) in [5, 5.41) is 5.90. The van der Waals surface area contributed by atoms with E-state index in [-0.39, 0.29) is 17.9 Å². The van der Waals surface area contributed by atoms with E-state index in [0.29, 0.717) is 12.0 Å². The van der Waals surface area contributed by atoms with Crippen molar-refractivity contribution in [2.24, 2.45) is 0 Å². The Labute approximate surface area is 183 Å². The first kappa shape index (κ1) is 22.2. The van der Waals surface area contributed by atoms with Gasteiger partial charge in [0, 0.05) is 35.2 Å². The molecule has 162 valence electrons. The number of aromatic nitrogens is 1. The Morgan fingerprint density at radius 2 is 1.77 bits per heavy atom. The molecule has 2 amide bonds. The quantitative estimate of drug-likeness (QED) is 0.570. The molecule has 31 heavy (non-hydrogen) atoms. The summed E-state index contributed by atoms with van der Waals surface area (Å²) in [4.78, 5) is 24.5. The van der Waals surface area contributed by atoms with Gasteiger partial charge < -0.3 is 19.9 Å². The molecule has 0 aliphatic rings. The average molecular weight is 420 g/mol. The molecular formula is C25H29N3O3. The molecular weight excluding hydrogens is 390 g/mol. The average Bonchev–Trinajstić information content (AvgIpc) is 3.08. The van der Waals surface area contributed by atoms with E-state index in [1.54, 1.807) is 7.11 Å². The van der Waals surface area contributed by atoms with Crippen molar-refractivity contribution in [3.63, 3.8) is 0 Å². The van der Waals surface area contributed by atoms with Gasteiger partial charge in [-0.2, -0.15) is 0 Å². The van der Waals surface area contributed by atoms with Crippen molar-refractivity contribution in [2.75, 3.05) is 12.4 Å². The number of nitrogens with zero attached hydrogens (tertiary/aromatic N) is 1. The third kappa shape index (κ3) is 4.97. The van der Waals surface area contributed by atoms with Crippen LogP contribution in [-0.2, 0) is 4.79 Å². The number of rotatable bonds is 7. The lowest BCUT2D eigenvalue weighted by Crippen LogP contribution is -2.27. The predicted octanol–water partition coefficient (Wildman–Crippen LogP) is 4.94. The van der Waals surface area contributed by atoms with Gasteiger partial charge in [-0.3, -0.25) is 9.59 Å². The van der Waals surface area contributed by atoms with Crippen LogP contribution in [0.1, 0.15) is 53.6 Å². The van der Waals surface area contributed by atoms with E-state index >= 15 is 0 Å². The Bertz CT molecular complexity index is 1080. The smallest absolute Gasteiger partial charge is 0.253 e. The van der Waals surface area contributed by atoms with Gasteiger partial charge in [-0.25, -0.2) is 0 Å². The molecule has 0 radical (unpaired) electrons. The Kier molecular flexibility index (Phi) is 6.80. The fraction of sp³-hybridized carbons (Fsp3) is 0.280. The molecule has 0 aliphatic heterocycles. The molecule has 0 aliphatic carbocycles. The number of carbonyl (C=O) groups is 2. The molecule has 0 saturated carbocycles. The zero-order valence-electron chi connectivity index (χ0n) is 18.7. The molecule has 0 bridgehead atoms. The number of carbonyl (C=O) groups excluding carboxylic acids is 2. The maximum Gasteiger partial charge on any atom is 0.253 e. The van der Waals surface area contributed by atoms with Crippen LogP contribution in [0.3, 0.4) is 0 Å². The summed E-state index contributed by atoms with van der Waals surface area (Å²) in [6.45, 7) is 7.68. The van der Waals surface area contributed by atoms with Crippen molar-refractivity contribution >= 4 is 17.5 Å². The molecule has 2 aromatic carbocycles. The first-order valence-corrected chi connectivity index (χ1v) is 10.4. The molecule has 6 nitrogen and oxygen atoms in total. The number of nitrogens with one attached hydrogen (secondary N) is 2. The van der Waals surface area contributed by atoms with E-state index in [9.17, 15) is 9.59 Å². The van der Waals surface area contributed by atoms with Crippen LogP contribution in [0.2, 0.25) is 0 Å². The second-order valence-corrected chi connectivity index (χ2v) is 7.54. The van der Waals surface area contributed by atoms with Gasteiger partial charge in [0.25, 0.3) is 5.91 Å². The van der Waals surface area contributed by atoms with E-state index in [0.717, 1.165) is 34.1 Å². The number of anilines is 1. The number of hydrogen-bond donors (Lipinski definition) is 2. The second kappa shape index (κ2) is 9.51. The lowest BCUT2D eigenvalue weighted by atomic mass is 10.1. The van der Waals surface area contributed by atoms with Crippen molar-refractivity contribution in [2.45, 2.75) is 40.2 Å². The maximum absolute atomic E-state index is 13.0. The SMILES string of the molecule is CCC(=O)Nc1ccc(C(C)NC(=O)c2cc(C)n(-c3cccc(OC)c3)c2C)cc1. The Morgan fingerprint density at radius 3 is 2.42 bits per heavy atom. The zero-order chi connectivity index (χ0) is 22.5. The fourth-order valence-corrected chi connectivity index (χ4v) is 3.60. The molecule has 6 heteroatoms. The van der Waals surface area contributed by atoms with Gasteiger partial charge in [0.15, 0.2) is 0 Å². The Balaban J connectivity index is 1.77. The molecule has 3 rings (SSSR count). The van der Waals surface area contributed by atoms with Crippen molar-refractivity contribution in [1.82, 2.24) is 9.88 Å². The molecule has 2 N–H and O–H groups in total. The van der Waals surface area contributed by atoms with E-state index < -0.39 is 0 Å². The van der Waals surface area contributed by atoms with Crippen LogP contribution < -0.4 is 15.4 Å². The van der Waals surface area contributed by atoms with Crippen LogP contribution in [0.5, 0.6) is 5.75 Å². The largest absolute Gasteiger partial charge is 0.497 e. The van der Waals surface area contributed by atoms with Crippen molar-refractivity contribution in [3.05, 3.63) is 77.1 Å². The predicted molar refractivity (Wildman–Crippen MR) is 123 cm³/mol. The van der Waals surface area contributed by atoms with Gasteiger partial charge in [0.2, 0.25) is 5.91 Å². The maximum atomic E-state index is 13.0. The third-order valence-corrected chi connectivity index (χ3v) is 5.35. The van der Waals surface area contributed by atoms with Gasteiger partial charge >= 0.3 is 0 Å². The highest BCUT2D eigenvalue weighted by molar-refractivity contribution is 5.96. The minimum atomic E-state index is -0.177. The standard InChI is InChI=1S/C25H29N3O3/c1-6-24(29)27-20-12-10-19(11-13-20)17(3)26-25(30)23-14-16(2)28(18(23)4)21-8-7-9-22(15-21)31-5/h7-15,17H,6H2,1-5H3,(H,26,30)(H,27,29). The summed E-state index contributed by atoms with van der Waals surface area (Å²) < 4.78 is 7.38.